The van der Waals surface area contributed by atoms with Crippen LogP contribution in [0, 0.1) is 0 Å². The van der Waals surface area contributed by atoms with Gasteiger partial charge in [-0.05, 0) is 31.0 Å². The topological polar surface area (TPSA) is 78.3 Å². The molecule has 1 amide bonds. The fraction of sp³-hybridized carbons (Fsp3) is 0.353. The van der Waals surface area contributed by atoms with Crippen molar-refractivity contribution in [1.29, 1.82) is 0 Å². The molecule has 1 aromatic carbocycles. The van der Waals surface area contributed by atoms with Crippen LogP contribution in [0.3, 0.4) is 0 Å². The van der Waals surface area contributed by atoms with Crippen molar-refractivity contribution in [2.75, 3.05) is 13.7 Å². The number of hydrogen-bond acceptors (Lipinski definition) is 5. The van der Waals surface area contributed by atoms with Crippen LogP contribution in [0.15, 0.2) is 43.5 Å². The molecule has 0 bridgehead atoms. The third-order valence-electron chi connectivity index (χ3n) is 3.30. The number of methoxy groups -OCH3 is 1. The number of carbonyl (C=O) groups excluding carboxylic acids is 1. The molecule has 0 saturated carbocycles. The number of allylic oxidation sites excluding steroid dienone is 1. The number of rotatable bonds is 9. The van der Waals surface area contributed by atoms with Crippen molar-refractivity contribution in [2.24, 2.45) is 0 Å². The Hall–Kier alpha value is -2.83. The summed E-state index contributed by atoms with van der Waals surface area (Å²) >= 11 is 0. The highest BCUT2D eigenvalue weighted by Crippen LogP contribution is 2.28. The molecule has 2 rings (SSSR count). The van der Waals surface area contributed by atoms with E-state index in [-0.39, 0.29) is 18.6 Å². The molecule has 128 valence electrons. The van der Waals surface area contributed by atoms with Crippen molar-refractivity contribution in [3.8, 4) is 11.5 Å². The average Bonchev–Trinajstić information content (AvgIpc) is 3.06. The number of aromatic nitrogens is 3. The zero-order valence-electron chi connectivity index (χ0n) is 13.9. The van der Waals surface area contributed by atoms with Gasteiger partial charge in [0.15, 0.2) is 18.1 Å². The van der Waals surface area contributed by atoms with Crippen LogP contribution in [-0.4, -0.2) is 40.4 Å². The summed E-state index contributed by atoms with van der Waals surface area (Å²) in [6.45, 7) is 6.07. The first kappa shape index (κ1) is 17.5. The Bertz CT molecular complexity index is 670. The lowest BCUT2D eigenvalue weighted by atomic mass is 10.1. The molecule has 2 aromatic rings. The molecule has 1 N–H and O–H groups in total. The van der Waals surface area contributed by atoms with Gasteiger partial charge < -0.3 is 14.8 Å². The Morgan fingerprint density at radius 1 is 1.46 bits per heavy atom. The van der Waals surface area contributed by atoms with E-state index in [1.165, 1.54) is 6.33 Å². The highest BCUT2D eigenvalue weighted by Gasteiger charge is 2.11. The molecule has 7 heteroatoms. The molecule has 0 fully saturated rings. The van der Waals surface area contributed by atoms with Crippen LogP contribution in [0.5, 0.6) is 11.5 Å². The number of benzene rings is 1. The van der Waals surface area contributed by atoms with Gasteiger partial charge in [-0.25, -0.2) is 4.98 Å². The molecule has 1 heterocycles. The third kappa shape index (κ3) is 5.12. The van der Waals surface area contributed by atoms with Gasteiger partial charge in [0.1, 0.15) is 12.7 Å². The molecule has 7 nitrogen and oxygen atoms in total. The van der Waals surface area contributed by atoms with Crippen molar-refractivity contribution in [3.05, 3.63) is 49.1 Å². The minimum absolute atomic E-state index is 0.0836. The van der Waals surface area contributed by atoms with Gasteiger partial charge in [0.25, 0.3) is 5.91 Å². The maximum absolute atomic E-state index is 12.0. The zero-order chi connectivity index (χ0) is 17.4. The molecule has 1 atom stereocenters. The number of nitrogens with zero attached hydrogens (tertiary/aromatic N) is 3. The smallest absolute Gasteiger partial charge is 0.258 e. The van der Waals surface area contributed by atoms with Crippen LogP contribution in [0.2, 0.25) is 0 Å². The van der Waals surface area contributed by atoms with Gasteiger partial charge in [-0.2, -0.15) is 5.10 Å². The Balaban J connectivity index is 1.85. The summed E-state index contributed by atoms with van der Waals surface area (Å²) in [5.74, 6) is 0.919. The van der Waals surface area contributed by atoms with E-state index >= 15 is 0 Å². The molecule has 0 radical (unpaired) electrons. The summed E-state index contributed by atoms with van der Waals surface area (Å²) in [5, 5.41) is 6.85. The number of hydrogen-bond donors (Lipinski definition) is 1. The monoisotopic (exact) mass is 330 g/mol. The number of nitrogens with one attached hydrogen (secondary N) is 1. The normalized spacial score (nSPS) is 11.6. The number of carbonyl (C=O) groups is 1. The number of ether oxygens (including phenoxy) is 2. The SMILES string of the molecule is C=CCc1ccc(OCC(=O)NC(C)Cn2cncn2)c(OC)c1. The van der Waals surface area contributed by atoms with Gasteiger partial charge in [-0.1, -0.05) is 12.1 Å². The van der Waals surface area contributed by atoms with Crippen LogP contribution < -0.4 is 14.8 Å². The summed E-state index contributed by atoms with van der Waals surface area (Å²) in [7, 11) is 1.57. The van der Waals surface area contributed by atoms with Crippen LogP contribution in [0.1, 0.15) is 12.5 Å². The van der Waals surface area contributed by atoms with Crippen molar-refractivity contribution in [3.63, 3.8) is 0 Å². The lowest BCUT2D eigenvalue weighted by molar-refractivity contribution is -0.123. The first-order valence-corrected chi connectivity index (χ1v) is 7.64. The second-order valence-corrected chi connectivity index (χ2v) is 5.35. The minimum Gasteiger partial charge on any atom is -0.493 e. The summed E-state index contributed by atoms with van der Waals surface area (Å²) in [4.78, 5) is 15.9. The third-order valence-corrected chi connectivity index (χ3v) is 3.30. The van der Waals surface area contributed by atoms with E-state index in [1.54, 1.807) is 24.2 Å². The Labute approximate surface area is 141 Å². The van der Waals surface area contributed by atoms with Gasteiger partial charge >= 0.3 is 0 Å². The molecule has 0 aliphatic rings. The van der Waals surface area contributed by atoms with Gasteiger partial charge in [0, 0.05) is 6.04 Å². The van der Waals surface area contributed by atoms with E-state index < -0.39 is 0 Å². The fourth-order valence-corrected chi connectivity index (χ4v) is 2.24. The van der Waals surface area contributed by atoms with Crippen LogP contribution >= 0.6 is 0 Å². The first-order valence-electron chi connectivity index (χ1n) is 7.64. The van der Waals surface area contributed by atoms with Crippen molar-refractivity contribution in [1.82, 2.24) is 20.1 Å². The highest BCUT2D eigenvalue weighted by atomic mass is 16.5. The molecule has 0 spiro atoms. The Morgan fingerprint density at radius 3 is 2.96 bits per heavy atom. The molecule has 1 unspecified atom stereocenters. The second kappa shape index (κ2) is 8.71. The standard InChI is InChI=1S/C17H22N4O3/c1-4-5-14-6-7-15(16(8-14)23-3)24-10-17(22)20-13(2)9-21-12-18-11-19-21/h4,6-8,11-13H,1,5,9-10H2,2-3H3,(H,20,22). The van der Waals surface area contributed by atoms with E-state index in [4.69, 9.17) is 9.47 Å². The van der Waals surface area contributed by atoms with Crippen molar-refractivity contribution < 1.29 is 14.3 Å². The molecular formula is C17H22N4O3. The van der Waals surface area contributed by atoms with Gasteiger partial charge in [-0.3, -0.25) is 9.48 Å². The summed E-state index contributed by atoms with van der Waals surface area (Å²) < 4.78 is 12.5. The largest absolute Gasteiger partial charge is 0.493 e. The van der Waals surface area contributed by atoms with E-state index in [9.17, 15) is 4.79 Å². The molecular weight excluding hydrogens is 308 g/mol. The van der Waals surface area contributed by atoms with Crippen molar-refractivity contribution >= 4 is 5.91 Å². The maximum atomic E-state index is 12.0. The zero-order valence-corrected chi connectivity index (χ0v) is 13.9. The van der Waals surface area contributed by atoms with E-state index in [2.05, 4.69) is 22.0 Å². The first-order chi connectivity index (χ1) is 11.6. The molecule has 1 aromatic heterocycles. The molecule has 0 saturated heterocycles. The van der Waals surface area contributed by atoms with E-state index in [0.717, 1.165) is 12.0 Å². The second-order valence-electron chi connectivity index (χ2n) is 5.35. The van der Waals surface area contributed by atoms with E-state index in [0.29, 0.717) is 18.0 Å². The van der Waals surface area contributed by atoms with Gasteiger partial charge in [0.05, 0.1) is 13.7 Å². The quantitative estimate of drug-likeness (QED) is 0.707. The molecule has 0 aliphatic heterocycles. The number of amides is 1. The highest BCUT2D eigenvalue weighted by molar-refractivity contribution is 5.77. The van der Waals surface area contributed by atoms with Crippen molar-refractivity contribution in [2.45, 2.75) is 25.9 Å². The Kier molecular flexibility index (Phi) is 6.36. The summed E-state index contributed by atoms with van der Waals surface area (Å²) in [5.41, 5.74) is 1.07. The Morgan fingerprint density at radius 2 is 2.29 bits per heavy atom. The maximum Gasteiger partial charge on any atom is 0.258 e. The van der Waals surface area contributed by atoms with Crippen LogP contribution in [0.25, 0.3) is 0 Å². The van der Waals surface area contributed by atoms with Gasteiger partial charge in [-0.15, -0.1) is 6.58 Å². The van der Waals surface area contributed by atoms with Gasteiger partial charge in [0.2, 0.25) is 0 Å². The minimum atomic E-state index is -0.208. The van der Waals surface area contributed by atoms with Crippen LogP contribution in [-0.2, 0) is 17.8 Å². The molecule has 24 heavy (non-hydrogen) atoms. The predicted molar refractivity (Wildman–Crippen MR) is 90.0 cm³/mol. The lowest BCUT2D eigenvalue weighted by Crippen LogP contribution is -2.38. The summed E-state index contributed by atoms with van der Waals surface area (Å²) in [6.07, 6.45) is 5.63. The van der Waals surface area contributed by atoms with Crippen LogP contribution in [0.4, 0.5) is 0 Å². The predicted octanol–water partition coefficient (Wildman–Crippen LogP) is 1.60. The fourth-order valence-electron chi connectivity index (χ4n) is 2.24. The molecule has 0 aliphatic carbocycles. The van der Waals surface area contributed by atoms with E-state index in [1.807, 2.05) is 25.1 Å². The lowest BCUT2D eigenvalue weighted by Gasteiger charge is -2.15. The average molecular weight is 330 g/mol. The summed E-state index contributed by atoms with van der Waals surface area (Å²) in [6, 6.07) is 5.51.